The third kappa shape index (κ3) is 3.95. The van der Waals surface area contributed by atoms with Gasteiger partial charge in [-0.15, -0.1) is 0 Å². The van der Waals surface area contributed by atoms with E-state index < -0.39 is 6.10 Å². The zero-order chi connectivity index (χ0) is 15.4. The van der Waals surface area contributed by atoms with Gasteiger partial charge in [0.1, 0.15) is 0 Å². The second-order valence-corrected chi connectivity index (χ2v) is 5.61. The number of rotatable bonds is 5. The molecule has 1 aromatic rings. The molecule has 5 nitrogen and oxygen atoms in total. The molecule has 0 spiro atoms. The summed E-state index contributed by atoms with van der Waals surface area (Å²) in [4.78, 5) is 25.5. The summed E-state index contributed by atoms with van der Waals surface area (Å²) in [7, 11) is 0. The normalized spacial score (nSPS) is 16.1. The molecule has 1 aliphatic rings. The van der Waals surface area contributed by atoms with Gasteiger partial charge in [0.25, 0.3) is 5.91 Å². The Balaban J connectivity index is 2.11. The van der Waals surface area contributed by atoms with Crippen molar-refractivity contribution >= 4 is 29.1 Å². The summed E-state index contributed by atoms with van der Waals surface area (Å²) < 4.78 is 0. The maximum Gasteiger partial charge on any atom is 0.252 e. The van der Waals surface area contributed by atoms with Crippen molar-refractivity contribution in [3.8, 4) is 0 Å². The molecule has 2 rings (SSSR count). The standard InChI is InChI=1S/C15H19ClN2O3/c1-10(19)6-7-17-15(21)12-9-11(4-5-13(12)16)18-8-2-3-14(18)20/h4-5,9-10,19H,2-3,6-8H2,1H3,(H,17,21). The van der Waals surface area contributed by atoms with E-state index >= 15 is 0 Å². The molecular formula is C15H19ClN2O3. The van der Waals surface area contributed by atoms with Gasteiger partial charge in [-0.3, -0.25) is 9.59 Å². The second-order valence-electron chi connectivity index (χ2n) is 5.21. The number of amides is 2. The molecule has 0 aromatic heterocycles. The Morgan fingerprint density at radius 2 is 2.29 bits per heavy atom. The van der Waals surface area contributed by atoms with Gasteiger partial charge in [0.15, 0.2) is 0 Å². The van der Waals surface area contributed by atoms with E-state index in [0.717, 1.165) is 6.42 Å². The number of carbonyl (C=O) groups excluding carboxylic acids is 2. The molecule has 0 aliphatic carbocycles. The van der Waals surface area contributed by atoms with Crippen LogP contribution in [-0.4, -0.2) is 36.1 Å². The molecule has 1 unspecified atom stereocenters. The number of carbonyl (C=O) groups is 2. The SMILES string of the molecule is CC(O)CCNC(=O)c1cc(N2CCCC2=O)ccc1Cl. The molecule has 1 aromatic carbocycles. The molecule has 0 bridgehead atoms. The largest absolute Gasteiger partial charge is 0.393 e. The smallest absolute Gasteiger partial charge is 0.252 e. The lowest BCUT2D eigenvalue weighted by atomic mass is 10.1. The number of hydrogen-bond donors (Lipinski definition) is 2. The van der Waals surface area contributed by atoms with Crippen LogP contribution < -0.4 is 10.2 Å². The predicted octanol–water partition coefficient (Wildman–Crippen LogP) is 1.97. The Morgan fingerprint density at radius 3 is 2.90 bits per heavy atom. The minimum atomic E-state index is -0.464. The average molecular weight is 311 g/mol. The van der Waals surface area contributed by atoms with Crippen LogP contribution in [0.15, 0.2) is 18.2 Å². The third-order valence-corrected chi connectivity index (χ3v) is 3.76. The summed E-state index contributed by atoms with van der Waals surface area (Å²) in [5.74, 6) is -0.230. The van der Waals surface area contributed by atoms with E-state index in [-0.39, 0.29) is 11.8 Å². The van der Waals surface area contributed by atoms with Gasteiger partial charge in [0, 0.05) is 25.2 Å². The van der Waals surface area contributed by atoms with Crippen LogP contribution in [0.4, 0.5) is 5.69 Å². The quantitative estimate of drug-likeness (QED) is 0.873. The Kier molecular flexibility index (Phi) is 5.20. The molecule has 1 aliphatic heterocycles. The molecule has 6 heteroatoms. The number of benzene rings is 1. The first-order valence-electron chi connectivity index (χ1n) is 7.05. The van der Waals surface area contributed by atoms with Crippen LogP contribution in [0.3, 0.4) is 0 Å². The second kappa shape index (κ2) is 6.91. The zero-order valence-corrected chi connectivity index (χ0v) is 12.7. The number of nitrogens with zero attached hydrogens (tertiary/aromatic N) is 1. The highest BCUT2D eigenvalue weighted by atomic mass is 35.5. The van der Waals surface area contributed by atoms with E-state index in [2.05, 4.69) is 5.32 Å². The van der Waals surface area contributed by atoms with Gasteiger partial charge in [-0.05, 0) is 38.0 Å². The van der Waals surface area contributed by atoms with Gasteiger partial charge in [-0.25, -0.2) is 0 Å². The van der Waals surface area contributed by atoms with E-state index in [9.17, 15) is 14.7 Å². The van der Waals surface area contributed by atoms with Crippen molar-refractivity contribution in [1.82, 2.24) is 5.32 Å². The molecule has 21 heavy (non-hydrogen) atoms. The lowest BCUT2D eigenvalue weighted by Gasteiger charge is -2.17. The van der Waals surface area contributed by atoms with Gasteiger partial charge in [-0.2, -0.15) is 0 Å². The molecular weight excluding hydrogens is 292 g/mol. The number of anilines is 1. The summed E-state index contributed by atoms with van der Waals surface area (Å²) in [6.45, 7) is 2.71. The van der Waals surface area contributed by atoms with Crippen LogP contribution in [0.1, 0.15) is 36.5 Å². The fourth-order valence-corrected chi connectivity index (χ4v) is 2.47. The van der Waals surface area contributed by atoms with Crippen molar-refractivity contribution in [2.75, 3.05) is 18.0 Å². The predicted molar refractivity (Wildman–Crippen MR) is 81.7 cm³/mol. The van der Waals surface area contributed by atoms with E-state index in [0.29, 0.717) is 42.2 Å². The highest BCUT2D eigenvalue weighted by Crippen LogP contribution is 2.26. The average Bonchev–Trinajstić information content (AvgIpc) is 2.85. The lowest BCUT2D eigenvalue weighted by molar-refractivity contribution is -0.117. The highest BCUT2D eigenvalue weighted by molar-refractivity contribution is 6.34. The molecule has 2 amide bonds. The first-order valence-corrected chi connectivity index (χ1v) is 7.43. The molecule has 1 atom stereocenters. The van der Waals surface area contributed by atoms with Crippen molar-refractivity contribution in [1.29, 1.82) is 0 Å². The van der Waals surface area contributed by atoms with Crippen LogP contribution in [0.5, 0.6) is 0 Å². The van der Waals surface area contributed by atoms with Crippen LogP contribution >= 0.6 is 11.6 Å². The van der Waals surface area contributed by atoms with Crippen LogP contribution in [0.2, 0.25) is 5.02 Å². The number of nitrogens with one attached hydrogen (secondary N) is 1. The number of halogens is 1. The summed E-state index contributed by atoms with van der Waals surface area (Å²) >= 11 is 6.06. The lowest BCUT2D eigenvalue weighted by Crippen LogP contribution is -2.28. The first kappa shape index (κ1) is 15.8. The Hall–Kier alpha value is -1.59. The molecule has 1 heterocycles. The molecule has 114 valence electrons. The van der Waals surface area contributed by atoms with E-state index in [1.807, 2.05) is 0 Å². The minimum absolute atomic E-state index is 0.0674. The third-order valence-electron chi connectivity index (χ3n) is 3.43. The van der Waals surface area contributed by atoms with Crippen molar-refractivity contribution in [2.24, 2.45) is 0 Å². The number of hydrogen-bond acceptors (Lipinski definition) is 3. The van der Waals surface area contributed by atoms with Gasteiger partial charge in [0.05, 0.1) is 16.7 Å². The van der Waals surface area contributed by atoms with E-state index in [1.165, 1.54) is 0 Å². The Morgan fingerprint density at radius 1 is 1.52 bits per heavy atom. The van der Waals surface area contributed by atoms with Crippen LogP contribution in [0.25, 0.3) is 0 Å². The molecule has 0 radical (unpaired) electrons. The van der Waals surface area contributed by atoms with Gasteiger partial charge < -0.3 is 15.3 Å². The maximum atomic E-state index is 12.1. The number of aliphatic hydroxyl groups excluding tert-OH is 1. The Labute approximate surface area is 128 Å². The van der Waals surface area contributed by atoms with Gasteiger partial charge >= 0.3 is 0 Å². The fourth-order valence-electron chi connectivity index (χ4n) is 2.27. The van der Waals surface area contributed by atoms with Crippen LogP contribution in [0, 0.1) is 0 Å². The first-order chi connectivity index (χ1) is 9.99. The summed E-state index contributed by atoms with van der Waals surface area (Å²) in [6, 6.07) is 5.02. The van der Waals surface area contributed by atoms with Crippen molar-refractivity contribution < 1.29 is 14.7 Å². The molecule has 2 N–H and O–H groups in total. The molecule has 1 saturated heterocycles. The zero-order valence-electron chi connectivity index (χ0n) is 11.9. The van der Waals surface area contributed by atoms with E-state index in [4.69, 9.17) is 11.6 Å². The topological polar surface area (TPSA) is 69.6 Å². The van der Waals surface area contributed by atoms with Crippen LogP contribution in [-0.2, 0) is 4.79 Å². The van der Waals surface area contributed by atoms with Gasteiger partial charge in [-0.1, -0.05) is 11.6 Å². The van der Waals surface area contributed by atoms with E-state index in [1.54, 1.807) is 30.0 Å². The monoisotopic (exact) mass is 310 g/mol. The van der Waals surface area contributed by atoms with Crippen molar-refractivity contribution in [3.05, 3.63) is 28.8 Å². The summed E-state index contributed by atoms with van der Waals surface area (Å²) in [6.07, 6.45) is 1.39. The summed E-state index contributed by atoms with van der Waals surface area (Å²) in [5, 5.41) is 12.2. The highest BCUT2D eigenvalue weighted by Gasteiger charge is 2.23. The number of aliphatic hydroxyl groups is 1. The fraction of sp³-hybridized carbons (Fsp3) is 0.467. The maximum absolute atomic E-state index is 12.1. The minimum Gasteiger partial charge on any atom is -0.393 e. The van der Waals surface area contributed by atoms with Crippen molar-refractivity contribution in [3.63, 3.8) is 0 Å². The Bertz CT molecular complexity index is 546. The van der Waals surface area contributed by atoms with Crippen molar-refractivity contribution in [2.45, 2.75) is 32.3 Å². The molecule has 1 fully saturated rings. The summed E-state index contributed by atoms with van der Waals surface area (Å²) in [5.41, 5.74) is 1.04. The van der Waals surface area contributed by atoms with Gasteiger partial charge in [0.2, 0.25) is 5.91 Å². The molecule has 0 saturated carbocycles.